The number of nitrogens with zero attached hydrogens (tertiary/aromatic N) is 4. The Hall–Kier alpha value is -1.99. The summed E-state index contributed by atoms with van der Waals surface area (Å²) in [5.74, 6) is 3.35. The Balaban J connectivity index is 0.000000133. The van der Waals surface area contributed by atoms with Crippen LogP contribution in [0.4, 0.5) is 5.82 Å². The van der Waals surface area contributed by atoms with Gasteiger partial charge in [-0.2, -0.15) is 4.37 Å². The van der Waals surface area contributed by atoms with E-state index in [1.54, 1.807) is 16.4 Å². The molecule has 188 valence electrons. The van der Waals surface area contributed by atoms with Gasteiger partial charge in [0.15, 0.2) is 0 Å². The van der Waals surface area contributed by atoms with E-state index in [2.05, 4.69) is 45.5 Å². The third kappa shape index (κ3) is 4.39. The van der Waals surface area contributed by atoms with Crippen molar-refractivity contribution < 1.29 is 9.59 Å². The molecule has 2 amide bonds. The molecule has 2 aromatic rings. The first-order chi connectivity index (χ1) is 17.1. The lowest BCUT2D eigenvalue weighted by Crippen LogP contribution is -2.44. The smallest absolute Gasteiger partial charge is 0.233 e. The van der Waals surface area contributed by atoms with Crippen LogP contribution < -0.4 is 4.90 Å². The van der Waals surface area contributed by atoms with Gasteiger partial charge in [0.25, 0.3) is 0 Å². The van der Waals surface area contributed by atoms with Crippen molar-refractivity contribution in [3.63, 3.8) is 0 Å². The maximum absolute atomic E-state index is 12.6. The number of carbonyl (C=O) groups is 2. The van der Waals surface area contributed by atoms with E-state index >= 15 is 0 Å². The summed E-state index contributed by atoms with van der Waals surface area (Å²) in [6.45, 7) is 5.16. The van der Waals surface area contributed by atoms with Gasteiger partial charge < -0.3 is 9.80 Å². The minimum absolute atomic E-state index is 0.0786. The number of fused-ring (bicyclic) bond motifs is 6. The minimum Gasteiger partial charge on any atom is -0.353 e. The Bertz CT molecular complexity index is 1040. The second-order valence-corrected chi connectivity index (χ2v) is 12.3. The molecule has 4 atom stereocenters. The van der Waals surface area contributed by atoms with E-state index in [1.807, 2.05) is 0 Å². The molecular weight excluding hydrogens is 456 g/mol. The van der Waals surface area contributed by atoms with Gasteiger partial charge >= 0.3 is 0 Å². The molecule has 6 nitrogen and oxygen atoms in total. The highest BCUT2D eigenvalue weighted by Crippen LogP contribution is 2.56. The van der Waals surface area contributed by atoms with Crippen LogP contribution in [0.2, 0.25) is 0 Å². The maximum Gasteiger partial charge on any atom is 0.233 e. The highest BCUT2D eigenvalue weighted by Gasteiger charge is 2.60. The normalized spacial score (nSPS) is 31.2. The van der Waals surface area contributed by atoms with Gasteiger partial charge in [-0.25, -0.2) is 0 Å². The summed E-state index contributed by atoms with van der Waals surface area (Å²) < 4.78 is 5.88. The first-order valence-electron chi connectivity index (χ1n) is 13.7. The highest BCUT2D eigenvalue weighted by molar-refractivity contribution is 7.13. The Morgan fingerprint density at radius 1 is 0.886 bits per heavy atom. The lowest BCUT2D eigenvalue weighted by molar-refractivity contribution is -0.141. The molecule has 7 rings (SSSR count). The van der Waals surface area contributed by atoms with Crippen molar-refractivity contribution in [1.29, 1.82) is 0 Å². The SMILES string of the molecule is CN1CCN(c2nsc3ccccc23)CC1.O=C1C2C(C(=O)N1CC1CCCCC1)[C@H]1CC[C@@H]2C1. The molecule has 3 heterocycles. The number of hydrogen-bond donors (Lipinski definition) is 0. The van der Waals surface area contributed by atoms with Crippen LogP contribution in [-0.2, 0) is 9.59 Å². The molecular formula is C28H38N4O2S. The van der Waals surface area contributed by atoms with Gasteiger partial charge in [-0.3, -0.25) is 14.5 Å². The Morgan fingerprint density at radius 2 is 1.54 bits per heavy atom. The van der Waals surface area contributed by atoms with Crippen molar-refractivity contribution in [2.24, 2.45) is 29.6 Å². The lowest BCUT2D eigenvalue weighted by Gasteiger charge is -2.32. The first kappa shape index (κ1) is 23.4. The summed E-state index contributed by atoms with van der Waals surface area (Å²) in [4.78, 5) is 31.6. The van der Waals surface area contributed by atoms with Gasteiger partial charge in [0.1, 0.15) is 5.82 Å². The van der Waals surface area contributed by atoms with E-state index < -0.39 is 0 Å². The molecule has 3 aliphatic carbocycles. The number of hydrogen-bond acceptors (Lipinski definition) is 6. The average Bonchev–Trinajstić information content (AvgIpc) is 3.66. The fourth-order valence-corrected chi connectivity index (χ4v) is 8.19. The number of likely N-dealkylation sites (N-methyl/N-ethyl adjacent to an activating group) is 1. The summed E-state index contributed by atoms with van der Waals surface area (Å²) in [5, 5.41) is 1.30. The predicted molar refractivity (Wildman–Crippen MR) is 140 cm³/mol. The average molecular weight is 495 g/mol. The van der Waals surface area contributed by atoms with Crippen LogP contribution in [0.5, 0.6) is 0 Å². The van der Waals surface area contributed by atoms with E-state index in [0.717, 1.165) is 39.1 Å². The van der Waals surface area contributed by atoms with Crippen molar-refractivity contribution in [3.8, 4) is 0 Å². The lowest BCUT2D eigenvalue weighted by atomic mass is 9.81. The Kier molecular flexibility index (Phi) is 6.56. The number of piperazine rings is 1. The zero-order chi connectivity index (χ0) is 23.9. The number of imide groups is 1. The molecule has 1 aromatic carbocycles. The number of aromatic nitrogens is 1. The number of rotatable bonds is 3. The molecule has 0 spiro atoms. The second-order valence-electron chi connectivity index (χ2n) is 11.5. The van der Waals surface area contributed by atoms with Crippen molar-refractivity contribution in [2.45, 2.75) is 51.4 Å². The van der Waals surface area contributed by atoms with Gasteiger partial charge in [-0.1, -0.05) is 31.4 Å². The molecule has 5 fully saturated rings. The molecule has 35 heavy (non-hydrogen) atoms. The molecule has 3 saturated carbocycles. The van der Waals surface area contributed by atoms with Crippen LogP contribution in [0.1, 0.15) is 51.4 Å². The summed E-state index contributed by atoms with van der Waals surface area (Å²) in [6.07, 6.45) is 9.80. The quantitative estimate of drug-likeness (QED) is 0.582. The molecule has 0 radical (unpaired) electrons. The summed E-state index contributed by atoms with van der Waals surface area (Å²) >= 11 is 1.60. The first-order valence-corrected chi connectivity index (χ1v) is 14.5. The van der Waals surface area contributed by atoms with Gasteiger partial charge in [0.05, 0.1) is 16.5 Å². The molecule has 7 heteroatoms. The topological polar surface area (TPSA) is 56.8 Å². The van der Waals surface area contributed by atoms with Crippen LogP contribution in [0.25, 0.3) is 10.1 Å². The Morgan fingerprint density at radius 3 is 2.23 bits per heavy atom. The van der Waals surface area contributed by atoms with Crippen molar-refractivity contribution in [1.82, 2.24) is 14.2 Å². The van der Waals surface area contributed by atoms with Gasteiger partial charge in [-0.15, -0.1) is 0 Å². The minimum atomic E-state index is 0.0786. The number of amides is 2. The van der Waals surface area contributed by atoms with Gasteiger partial charge in [-0.05, 0) is 80.6 Å². The molecule has 2 saturated heterocycles. The second kappa shape index (κ2) is 9.81. The number of benzene rings is 1. The van der Waals surface area contributed by atoms with Crippen LogP contribution in [0.15, 0.2) is 24.3 Å². The number of likely N-dealkylation sites (tertiary alicyclic amines) is 1. The van der Waals surface area contributed by atoms with Crippen LogP contribution in [-0.4, -0.2) is 65.8 Å². The molecule has 2 aliphatic heterocycles. The number of anilines is 1. The molecule has 0 N–H and O–H groups in total. The largest absolute Gasteiger partial charge is 0.353 e. The van der Waals surface area contributed by atoms with Crippen molar-refractivity contribution in [3.05, 3.63) is 24.3 Å². The molecule has 2 bridgehead atoms. The summed E-state index contributed by atoms with van der Waals surface area (Å²) in [6, 6.07) is 8.49. The fourth-order valence-electron chi connectivity index (χ4n) is 7.40. The van der Waals surface area contributed by atoms with Gasteiger partial charge in [0, 0.05) is 38.1 Å². The molecule has 2 unspecified atom stereocenters. The van der Waals surface area contributed by atoms with E-state index in [-0.39, 0.29) is 23.7 Å². The zero-order valence-corrected chi connectivity index (χ0v) is 21.7. The summed E-state index contributed by atoms with van der Waals surface area (Å²) in [5.41, 5.74) is 0. The third-order valence-corrected chi connectivity index (χ3v) is 10.2. The van der Waals surface area contributed by atoms with E-state index in [4.69, 9.17) is 0 Å². The fraction of sp³-hybridized carbons (Fsp3) is 0.679. The third-order valence-electron chi connectivity index (χ3n) is 9.35. The molecule has 5 aliphatic rings. The van der Waals surface area contributed by atoms with E-state index in [9.17, 15) is 9.59 Å². The predicted octanol–water partition coefficient (Wildman–Crippen LogP) is 4.65. The van der Waals surface area contributed by atoms with E-state index in [1.165, 1.54) is 60.8 Å². The number of carbonyl (C=O) groups excluding carboxylic acids is 2. The summed E-state index contributed by atoms with van der Waals surface area (Å²) in [7, 11) is 2.18. The van der Waals surface area contributed by atoms with Crippen molar-refractivity contribution in [2.75, 3.05) is 44.7 Å². The Labute approximate surface area is 212 Å². The molecule has 1 aromatic heterocycles. The monoisotopic (exact) mass is 494 g/mol. The zero-order valence-electron chi connectivity index (χ0n) is 20.9. The highest BCUT2D eigenvalue weighted by atomic mass is 32.1. The van der Waals surface area contributed by atoms with Crippen LogP contribution >= 0.6 is 11.5 Å². The standard InChI is InChI=1S/C16H23NO2.C12H15N3S/c18-15-13-11-6-7-12(8-11)14(13)16(19)17(15)9-10-4-2-1-3-5-10;1-14-6-8-15(9-7-14)12-10-4-2-3-5-11(10)16-13-12/h10-14H,1-9H2;2-5H,6-9H2,1H3/t11-,12+,13?,14?;. The van der Waals surface area contributed by atoms with Crippen LogP contribution in [0, 0.1) is 29.6 Å². The maximum atomic E-state index is 12.6. The van der Waals surface area contributed by atoms with Crippen LogP contribution in [0.3, 0.4) is 0 Å². The van der Waals surface area contributed by atoms with Crippen molar-refractivity contribution >= 4 is 39.3 Å². The van der Waals surface area contributed by atoms with Gasteiger partial charge in [0.2, 0.25) is 11.8 Å². The van der Waals surface area contributed by atoms with E-state index in [0.29, 0.717) is 17.8 Å².